The minimum absolute atomic E-state index is 0.107. The van der Waals surface area contributed by atoms with Gasteiger partial charge in [0.1, 0.15) is 0 Å². The van der Waals surface area contributed by atoms with E-state index in [4.69, 9.17) is 10.00 Å². The highest BCUT2D eigenvalue weighted by Crippen LogP contribution is 2.45. The molecule has 0 radical (unpaired) electrons. The van der Waals surface area contributed by atoms with Crippen LogP contribution < -0.4 is 4.90 Å². The first-order valence-corrected chi connectivity index (χ1v) is 10.7. The number of fused-ring (bicyclic) bond motifs is 1. The Labute approximate surface area is 162 Å². The third-order valence-corrected chi connectivity index (χ3v) is 6.98. The van der Waals surface area contributed by atoms with E-state index in [9.17, 15) is 21.6 Å². The van der Waals surface area contributed by atoms with Gasteiger partial charge in [-0.25, -0.2) is 12.7 Å². The van der Waals surface area contributed by atoms with E-state index in [1.807, 2.05) is 4.90 Å². The van der Waals surface area contributed by atoms with Crippen LogP contribution in [0, 0.1) is 22.7 Å². The monoisotopic (exact) mass is 417 g/mol. The molecular weight excluding hydrogens is 395 g/mol. The Kier molecular flexibility index (Phi) is 5.38. The molecule has 0 N–H and O–H groups in total. The number of nitrogens with zero attached hydrogens (tertiary/aromatic N) is 3. The Balaban J connectivity index is 1.94. The number of hydrogen-bond acceptors (Lipinski definition) is 5. The maximum atomic E-state index is 13.3. The van der Waals surface area contributed by atoms with Gasteiger partial charge in [0.2, 0.25) is 10.0 Å². The number of hydrogen-bond donors (Lipinski definition) is 0. The highest BCUT2D eigenvalue weighted by molar-refractivity contribution is 7.88. The van der Waals surface area contributed by atoms with Crippen LogP contribution >= 0.6 is 0 Å². The number of piperidine rings is 1. The molecule has 2 saturated heterocycles. The summed E-state index contributed by atoms with van der Waals surface area (Å²) in [5.41, 5.74) is -1.48. The molecule has 10 heteroatoms. The molecule has 0 bridgehead atoms. The van der Waals surface area contributed by atoms with Gasteiger partial charge in [-0.05, 0) is 30.5 Å². The molecule has 0 unspecified atom stereocenters. The van der Waals surface area contributed by atoms with Gasteiger partial charge in [-0.3, -0.25) is 0 Å². The van der Waals surface area contributed by atoms with Crippen LogP contribution in [0.5, 0.6) is 0 Å². The zero-order chi connectivity index (χ0) is 20.7. The molecule has 28 heavy (non-hydrogen) atoms. The van der Waals surface area contributed by atoms with Crippen molar-refractivity contribution in [2.75, 3.05) is 51.1 Å². The number of methoxy groups -OCH3 is 1. The summed E-state index contributed by atoms with van der Waals surface area (Å²) in [6.45, 7) is 1.90. The Bertz CT molecular complexity index is 898. The first kappa shape index (κ1) is 20.9. The smallest absolute Gasteiger partial charge is 0.384 e. The van der Waals surface area contributed by atoms with E-state index in [0.29, 0.717) is 38.3 Å². The topological polar surface area (TPSA) is 73.6 Å². The summed E-state index contributed by atoms with van der Waals surface area (Å²) in [6, 6.07) is 5.29. The molecule has 0 saturated carbocycles. The number of nitriles is 1. The minimum Gasteiger partial charge on any atom is -0.384 e. The SMILES string of the molecule is COC[C@]12CN(c3ccc(C#N)c(C(F)(F)F)c3)C[C@H]1CCN(S(C)(=O)=O)C2. The van der Waals surface area contributed by atoms with E-state index >= 15 is 0 Å². The van der Waals surface area contributed by atoms with Crippen LogP contribution in [0.25, 0.3) is 0 Å². The number of anilines is 1. The second kappa shape index (κ2) is 7.21. The molecule has 2 heterocycles. The van der Waals surface area contributed by atoms with Crippen LogP contribution in [0.2, 0.25) is 0 Å². The maximum absolute atomic E-state index is 13.3. The second-order valence-corrected chi connectivity index (χ2v) is 9.58. The lowest BCUT2D eigenvalue weighted by Crippen LogP contribution is -2.52. The van der Waals surface area contributed by atoms with Crippen molar-refractivity contribution in [1.29, 1.82) is 5.26 Å². The van der Waals surface area contributed by atoms with E-state index in [2.05, 4.69) is 0 Å². The molecule has 3 rings (SSSR count). The van der Waals surface area contributed by atoms with Gasteiger partial charge in [0, 0.05) is 44.4 Å². The fourth-order valence-electron chi connectivity index (χ4n) is 4.38. The molecule has 2 atom stereocenters. The summed E-state index contributed by atoms with van der Waals surface area (Å²) < 4.78 is 70.8. The maximum Gasteiger partial charge on any atom is 0.417 e. The fourth-order valence-corrected chi connectivity index (χ4v) is 5.31. The standard InChI is InChI=1S/C18H22F3N3O3S/c1-27-12-17-10-23(9-14(17)5-6-24(11-17)28(2,25)26)15-4-3-13(8-22)16(7-15)18(19,20)21/h3-4,7,14H,5-6,9-12H2,1-2H3/t14-,17-/m1/s1. The van der Waals surface area contributed by atoms with E-state index < -0.39 is 32.7 Å². The van der Waals surface area contributed by atoms with E-state index in [-0.39, 0.29) is 12.5 Å². The molecule has 2 fully saturated rings. The Morgan fingerprint density at radius 3 is 2.64 bits per heavy atom. The number of ether oxygens (including phenoxy) is 1. The lowest BCUT2D eigenvalue weighted by atomic mass is 9.74. The summed E-state index contributed by atoms with van der Waals surface area (Å²) >= 11 is 0. The van der Waals surface area contributed by atoms with Crippen LogP contribution in [0.3, 0.4) is 0 Å². The Morgan fingerprint density at radius 1 is 1.36 bits per heavy atom. The second-order valence-electron chi connectivity index (χ2n) is 7.60. The summed E-state index contributed by atoms with van der Waals surface area (Å²) in [6.07, 6.45) is -2.84. The highest BCUT2D eigenvalue weighted by atomic mass is 32.2. The molecule has 1 aromatic rings. The molecule has 1 aromatic carbocycles. The molecular formula is C18H22F3N3O3S. The van der Waals surface area contributed by atoms with Gasteiger partial charge < -0.3 is 9.64 Å². The largest absolute Gasteiger partial charge is 0.417 e. The van der Waals surface area contributed by atoms with Crippen LogP contribution in [0.15, 0.2) is 18.2 Å². The summed E-state index contributed by atoms with van der Waals surface area (Å²) in [7, 11) is -1.82. The van der Waals surface area contributed by atoms with Gasteiger partial charge in [0.05, 0.1) is 30.1 Å². The Hall–Kier alpha value is -1.83. The zero-order valence-electron chi connectivity index (χ0n) is 15.7. The first-order chi connectivity index (χ1) is 13.0. The van der Waals surface area contributed by atoms with Crippen molar-refractivity contribution in [2.24, 2.45) is 11.3 Å². The molecule has 6 nitrogen and oxygen atoms in total. The quantitative estimate of drug-likeness (QED) is 0.752. The third kappa shape index (κ3) is 3.83. The van der Waals surface area contributed by atoms with Crippen molar-refractivity contribution in [3.63, 3.8) is 0 Å². The van der Waals surface area contributed by atoms with Gasteiger partial charge >= 0.3 is 6.18 Å². The predicted molar refractivity (Wildman–Crippen MR) is 97.2 cm³/mol. The average Bonchev–Trinajstić information content (AvgIpc) is 2.98. The van der Waals surface area contributed by atoms with E-state index in [0.717, 1.165) is 12.3 Å². The molecule has 2 aliphatic heterocycles. The van der Waals surface area contributed by atoms with Crippen molar-refractivity contribution in [3.8, 4) is 6.07 Å². The van der Waals surface area contributed by atoms with Crippen molar-refractivity contribution in [3.05, 3.63) is 29.3 Å². The average molecular weight is 417 g/mol. The molecule has 0 spiro atoms. The first-order valence-electron chi connectivity index (χ1n) is 8.80. The van der Waals surface area contributed by atoms with Crippen molar-refractivity contribution in [2.45, 2.75) is 12.6 Å². The normalized spacial score (nSPS) is 26.1. The molecule has 154 valence electrons. The highest BCUT2D eigenvalue weighted by Gasteiger charge is 2.51. The number of rotatable bonds is 4. The molecule has 2 aliphatic rings. The zero-order valence-corrected chi connectivity index (χ0v) is 16.5. The summed E-state index contributed by atoms with van der Waals surface area (Å²) in [4.78, 5) is 1.84. The van der Waals surface area contributed by atoms with Crippen molar-refractivity contribution in [1.82, 2.24) is 4.31 Å². The number of halogens is 3. The van der Waals surface area contributed by atoms with Crippen LogP contribution in [0.1, 0.15) is 17.5 Å². The molecule has 0 aromatic heterocycles. The van der Waals surface area contributed by atoms with Gasteiger partial charge in [-0.1, -0.05) is 0 Å². The predicted octanol–water partition coefficient (Wildman–Crippen LogP) is 2.31. The van der Waals surface area contributed by atoms with Gasteiger partial charge in [0.25, 0.3) is 0 Å². The van der Waals surface area contributed by atoms with Crippen LogP contribution in [-0.4, -0.2) is 58.9 Å². The molecule has 0 amide bonds. The third-order valence-electron chi connectivity index (χ3n) is 5.73. The Morgan fingerprint density at radius 2 is 2.07 bits per heavy atom. The van der Waals surface area contributed by atoms with Crippen LogP contribution in [-0.2, 0) is 20.9 Å². The number of alkyl halides is 3. The summed E-state index contributed by atoms with van der Waals surface area (Å²) in [5, 5.41) is 8.98. The van der Waals surface area contributed by atoms with Crippen LogP contribution in [0.4, 0.5) is 18.9 Å². The van der Waals surface area contributed by atoms with Gasteiger partial charge in [-0.15, -0.1) is 0 Å². The minimum atomic E-state index is -4.62. The summed E-state index contributed by atoms with van der Waals surface area (Å²) in [5.74, 6) is 0.107. The lowest BCUT2D eigenvalue weighted by Gasteiger charge is -2.42. The van der Waals surface area contributed by atoms with E-state index in [1.54, 1.807) is 6.07 Å². The number of benzene rings is 1. The van der Waals surface area contributed by atoms with Crippen molar-refractivity contribution < 1.29 is 26.3 Å². The number of sulfonamides is 1. The van der Waals surface area contributed by atoms with Gasteiger partial charge in [0.15, 0.2) is 0 Å². The lowest BCUT2D eigenvalue weighted by molar-refractivity contribution is -0.137. The van der Waals surface area contributed by atoms with Gasteiger partial charge in [-0.2, -0.15) is 18.4 Å². The fraction of sp³-hybridized carbons (Fsp3) is 0.611. The molecule has 0 aliphatic carbocycles. The van der Waals surface area contributed by atoms with E-state index in [1.165, 1.54) is 23.5 Å². The van der Waals surface area contributed by atoms with Crippen molar-refractivity contribution >= 4 is 15.7 Å².